The van der Waals surface area contributed by atoms with Crippen molar-refractivity contribution in [3.8, 4) is 22.4 Å². The number of nitrogens with zero attached hydrogens (tertiary/aromatic N) is 3. The molecule has 34 heavy (non-hydrogen) atoms. The molecule has 0 saturated heterocycles. The van der Waals surface area contributed by atoms with Crippen LogP contribution in [0.2, 0.25) is 10.0 Å². The number of nitrogens with two attached hydrogens (primary N) is 1. The summed E-state index contributed by atoms with van der Waals surface area (Å²) in [4.78, 5) is 14.4. The predicted molar refractivity (Wildman–Crippen MR) is 141 cm³/mol. The van der Waals surface area contributed by atoms with E-state index in [1.54, 1.807) is 20.9 Å². The highest BCUT2D eigenvalue weighted by Crippen LogP contribution is 2.35. The number of aromatic nitrogens is 2. The van der Waals surface area contributed by atoms with Gasteiger partial charge in [0.05, 0.1) is 10.6 Å². The standard InChI is InChI=1S/C18H15Cl2N5.C6H14N2O/c1-21-11-22-23-17-10-15(12-6-8-13(19)9-7-12)18(25-24-17)14-4-2-3-5-16(14)20;1-4-8-6(2,3)5(7)9/h2-11H,1H3,(H,21,22)(H,23,24);8H,4H2,1-3H3,(H2,7,9). The Labute approximate surface area is 210 Å². The summed E-state index contributed by atoms with van der Waals surface area (Å²) in [7, 11) is 1.67. The number of hydrogen-bond donors (Lipinski definition) is 4. The molecule has 180 valence electrons. The lowest BCUT2D eigenvalue weighted by Gasteiger charge is -2.20. The Kier molecular flexibility index (Phi) is 10.2. The van der Waals surface area contributed by atoms with Gasteiger partial charge in [0.2, 0.25) is 5.91 Å². The summed E-state index contributed by atoms with van der Waals surface area (Å²) in [6.45, 7) is 6.22. The minimum atomic E-state index is -0.561. The fraction of sp³-hybridized carbons (Fsp3) is 0.250. The highest BCUT2D eigenvalue weighted by molar-refractivity contribution is 6.33. The molecule has 0 radical (unpaired) electrons. The van der Waals surface area contributed by atoms with E-state index >= 15 is 0 Å². The fourth-order valence-electron chi connectivity index (χ4n) is 2.85. The molecule has 8 nitrogen and oxygen atoms in total. The van der Waals surface area contributed by atoms with E-state index in [1.165, 1.54) is 6.34 Å². The van der Waals surface area contributed by atoms with E-state index < -0.39 is 5.54 Å². The third kappa shape index (κ3) is 7.69. The van der Waals surface area contributed by atoms with Crippen LogP contribution in [0.15, 0.2) is 59.6 Å². The van der Waals surface area contributed by atoms with Gasteiger partial charge in [0.25, 0.3) is 0 Å². The lowest BCUT2D eigenvalue weighted by atomic mass is 10.00. The maximum absolute atomic E-state index is 10.6. The number of carbonyl (C=O) groups excluding carboxylic acids is 1. The molecule has 2 aromatic carbocycles. The molecule has 0 saturated carbocycles. The maximum atomic E-state index is 10.6. The van der Waals surface area contributed by atoms with Crippen LogP contribution in [0, 0.1) is 0 Å². The van der Waals surface area contributed by atoms with Gasteiger partial charge >= 0.3 is 0 Å². The molecule has 0 spiro atoms. The van der Waals surface area contributed by atoms with Crippen LogP contribution in [0.1, 0.15) is 20.8 Å². The molecular weight excluding hydrogens is 473 g/mol. The largest absolute Gasteiger partial charge is 0.368 e. The second kappa shape index (κ2) is 12.9. The summed E-state index contributed by atoms with van der Waals surface area (Å²) >= 11 is 12.4. The molecule has 0 atom stereocenters. The van der Waals surface area contributed by atoms with E-state index in [-0.39, 0.29) is 5.91 Å². The minimum absolute atomic E-state index is 0.315. The monoisotopic (exact) mass is 501 g/mol. The van der Waals surface area contributed by atoms with Gasteiger partial charge in [0, 0.05) is 23.2 Å². The zero-order valence-electron chi connectivity index (χ0n) is 19.6. The van der Waals surface area contributed by atoms with Crippen LogP contribution < -0.4 is 21.9 Å². The normalized spacial score (nSPS) is 11.0. The van der Waals surface area contributed by atoms with Crippen molar-refractivity contribution in [1.82, 2.24) is 20.9 Å². The smallest absolute Gasteiger partial charge is 0.237 e. The molecule has 0 aliphatic carbocycles. The van der Waals surface area contributed by atoms with Gasteiger partial charge in [0.15, 0.2) is 5.82 Å². The number of halogens is 2. The summed E-state index contributed by atoms with van der Waals surface area (Å²) in [5, 5.41) is 12.8. The third-order valence-corrected chi connectivity index (χ3v) is 5.29. The summed E-state index contributed by atoms with van der Waals surface area (Å²) in [6, 6.07) is 17.0. The number of likely N-dealkylation sites (N-methyl/N-ethyl adjacent to an activating group) is 1. The van der Waals surface area contributed by atoms with Crippen molar-refractivity contribution in [2.75, 3.05) is 19.0 Å². The number of primary amides is 1. The van der Waals surface area contributed by atoms with Crippen molar-refractivity contribution >= 4 is 41.3 Å². The first-order valence-electron chi connectivity index (χ1n) is 10.5. The van der Waals surface area contributed by atoms with Crippen molar-refractivity contribution in [3.05, 3.63) is 64.6 Å². The van der Waals surface area contributed by atoms with Gasteiger partial charge in [-0.05, 0) is 50.2 Å². The number of hydrazine groups is 1. The molecule has 3 aromatic rings. The van der Waals surface area contributed by atoms with Crippen LogP contribution in [0.4, 0.5) is 5.82 Å². The Hall–Kier alpha value is -3.20. The van der Waals surface area contributed by atoms with E-state index in [1.807, 2.05) is 61.5 Å². The first-order chi connectivity index (χ1) is 16.2. The molecule has 1 amide bonds. The number of carbonyl (C=O) groups is 1. The predicted octanol–water partition coefficient (Wildman–Crippen LogP) is 4.55. The van der Waals surface area contributed by atoms with Gasteiger partial charge in [-0.15, -0.1) is 10.2 Å². The maximum Gasteiger partial charge on any atom is 0.237 e. The molecule has 10 heteroatoms. The van der Waals surface area contributed by atoms with Gasteiger partial charge in [0.1, 0.15) is 12.0 Å². The Morgan fingerprint density at radius 3 is 2.32 bits per heavy atom. The first-order valence-corrected chi connectivity index (χ1v) is 11.3. The van der Waals surface area contributed by atoms with Crippen molar-refractivity contribution in [2.24, 2.45) is 10.7 Å². The summed E-state index contributed by atoms with van der Waals surface area (Å²) in [5.74, 6) is 0.241. The summed E-state index contributed by atoms with van der Waals surface area (Å²) in [5.41, 5.74) is 13.6. The molecule has 0 bridgehead atoms. The number of amides is 1. The molecule has 0 aliphatic heterocycles. The number of benzene rings is 2. The molecule has 3 rings (SSSR count). The summed E-state index contributed by atoms with van der Waals surface area (Å²) < 4.78 is 0. The second-order valence-electron chi connectivity index (χ2n) is 7.65. The molecule has 1 aromatic heterocycles. The third-order valence-electron chi connectivity index (χ3n) is 4.71. The van der Waals surface area contributed by atoms with Gasteiger partial charge in [-0.2, -0.15) is 0 Å². The van der Waals surface area contributed by atoms with Crippen molar-refractivity contribution < 1.29 is 4.79 Å². The van der Waals surface area contributed by atoms with Crippen molar-refractivity contribution in [2.45, 2.75) is 26.3 Å². The van der Waals surface area contributed by atoms with Crippen molar-refractivity contribution in [3.63, 3.8) is 0 Å². The molecule has 1 heterocycles. The highest BCUT2D eigenvalue weighted by Gasteiger charge is 2.22. The Bertz CT molecular complexity index is 1120. The van der Waals surface area contributed by atoms with E-state index in [9.17, 15) is 4.79 Å². The lowest BCUT2D eigenvalue weighted by molar-refractivity contribution is -0.123. The number of rotatable bonds is 8. The molecule has 5 N–H and O–H groups in total. The number of nitrogens with one attached hydrogen (secondary N) is 3. The Morgan fingerprint density at radius 1 is 1.09 bits per heavy atom. The van der Waals surface area contributed by atoms with E-state index in [4.69, 9.17) is 28.9 Å². The topological polar surface area (TPSA) is 117 Å². The van der Waals surface area contributed by atoms with Crippen LogP contribution in [0.5, 0.6) is 0 Å². The van der Waals surface area contributed by atoms with Crippen molar-refractivity contribution in [1.29, 1.82) is 0 Å². The number of anilines is 1. The number of aliphatic imine (C=N–C) groups is 1. The average Bonchev–Trinajstić information content (AvgIpc) is 2.80. The summed E-state index contributed by atoms with van der Waals surface area (Å²) in [6.07, 6.45) is 1.52. The van der Waals surface area contributed by atoms with E-state index in [0.29, 0.717) is 21.6 Å². The lowest BCUT2D eigenvalue weighted by Crippen LogP contribution is -2.50. The molecule has 0 aliphatic rings. The van der Waals surface area contributed by atoms with Crippen LogP contribution in [-0.4, -0.2) is 41.6 Å². The molecule has 0 unspecified atom stereocenters. The highest BCUT2D eigenvalue weighted by atomic mass is 35.5. The SMILES string of the molecule is CCNC(C)(C)C(N)=O.CN=CNNc1cc(-c2ccc(Cl)cc2)c(-c2ccccc2Cl)nn1. The van der Waals surface area contributed by atoms with E-state index in [2.05, 4.69) is 31.4 Å². The van der Waals surface area contributed by atoms with Crippen LogP contribution in [0.25, 0.3) is 22.4 Å². The molecule has 0 fully saturated rings. The van der Waals surface area contributed by atoms with Crippen LogP contribution in [-0.2, 0) is 4.79 Å². The zero-order valence-corrected chi connectivity index (χ0v) is 21.1. The molecular formula is C24H29Cl2N7O. The minimum Gasteiger partial charge on any atom is -0.368 e. The van der Waals surface area contributed by atoms with Gasteiger partial charge < -0.3 is 11.1 Å². The second-order valence-corrected chi connectivity index (χ2v) is 8.50. The van der Waals surface area contributed by atoms with E-state index in [0.717, 1.165) is 23.2 Å². The zero-order chi connectivity index (χ0) is 25.1. The quantitative estimate of drug-likeness (QED) is 0.204. The Morgan fingerprint density at radius 2 is 1.76 bits per heavy atom. The number of hydrogen-bond acceptors (Lipinski definition) is 6. The van der Waals surface area contributed by atoms with Crippen LogP contribution in [0.3, 0.4) is 0 Å². The van der Waals surface area contributed by atoms with Crippen LogP contribution >= 0.6 is 23.2 Å². The first kappa shape index (κ1) is 27.0. The fourth-order valence-corrected chi connectivity index (χ4v) is 3.21. The van der Waals surface area contributed by atoms with Gasteiger partial charge in [-0.25, -0.2) is 0 Å². The average molecular weight is 502 g/mol. The Balaban J connectivity index is 0.000000387. The van der Waals surface area contributed by atoms with Gasteiger partial charge in [-0.3, -0.25) is 20.6 Å². The van der Waals surface area contributed by atoms with Gasteiger partial charge in [-0.1, -0.05) is 60.5 Å².